The topological polar surface area (TPSA) is 39.6 Å². The maximum absolute atomic E-state index is 9.34. The van der Waals surface area contributed by atoms with Gasteiger partial charge in [0.05, 0.1) is 5.56 Å². The highest BCUT2D eigenvalue weighted by Crippen LogP contribution is 2.15. The summed E-state index contributed by atoms with van der Waals surface area (Å²) in [6.45, 7) is 0. The molecule has 23 heavy (non-hydrogen) atoms. The van der Waals surface area contributed by atoms with E-state index in [1.54, 1.807) is 0 Å². The van der Waals surface area contributed by atoms with E-state index in [4.69, 9.17) is 0 Å². The molecule has 0 fully saturated rings. The van der Waals surface area contributed by atoms with Crippen LogP contribution >= 0.6 is 0 Å². The van der Waals surface area contributed by atoms with Crippen molar-refractivity contribution in [3.8, 4) is 6.07 Å². The molecule has 2 heteroatoms. The number of nitrogens with zero attached hydrogens (tertiary/aromatic N) is 1. The molecule has 2 nitrogen and oxygen atoms in total. The average molecular weight is 300 g/mol. The van der Waals surface area contributed by atoms with Crippen LogP contribution in [0.2, 0.25) is 0 Å². The number of nitriles is 1. The van der Waals surface area contributed by atoms with E-state index in [-0.39, 0.29) is 0 Å². The summed E-state index contributed by atoms with van der Waals surface area (Å²) in [6, 6.07) is 25.2. The van der Waals surface area contributed by atoms with Crippen LogP contribution in [0, 0.1) is 11.3 Å². The van der Waals surface area contributed by atoms with E-state index in [0.29, 0.717) is 0 Å². The van der Waals surface area contributed by atoms with Gasteiger partial charge in [-0.15, -0.1) is 0 Å². The molecule has 0 spiro atoms. The van der Waals surface area contributed by atoms with E-state index in [1.807, 2.05) is 18.2 Å². The van der Waals surface area contributed by atoms with Gasteiger partial charge in [-0.1, -0.05) is 60.7 Å². The predicted molar refractivity (Wildman–Crippen MR) is 93.2 cm³/mol. The minimum Gasteiger partial charge on any atom is -0.361 e. The molecule has 2 aromatic carbocycles. The van der Waals surface area contributed by atoms with Gasteiger partial charge in [0, 0.05) is 11.4 Å². The summed E-state index contributed by atoms with van der Waals surface area (Å²) in [5.41, 5.74) is 5.61. The summed E-state index contributed by atoms with van der Waals surface area (Å²) in [4.78, 5) is 3.45. The third-order valence-electron chi connectivity index (χ3n) is 4.11. The summed E-state index contributed by atoms with van der Waals surface area (Å²) in [5.74, 6) is 0. The first-order valence-electron chi connectivity index (χ1n) is 8.04. The van der Waals surface area contributed by atoms with E-state index in [9.17, 15) is 5.26 Å². The van der Waals surface area contributed by atoms with Crippen LogP contribution in [-0.4, -0.2) is 4.98 Å². The quantitative estimate of drug-likeness (QED) is 0.717. The summed E-state index contributed by atoms with van der Waals surface area (Å²) >= 11 is 0. The van der Waals surface area contributed by atoms with Crippen LogP contribution in [0.3, 0.4) is 0 Å². The molecular formula is C21H20N2. The molecule has 114 valence electrons. The highest BCUT2D eigenvalue weighted by molar-refractivity contribution is 5.37. The lowest BCUT2D eigenvalue weighted by Gasteiger charge is -2.01. The number of H-pyrrole nitrogens is 1. The van der Waals surface area contributed by atoms with Gasteiger partial charge in [-0.2, -0.15) is 5.26 Å². The number of rotatable bonds is 6. The van der Waals surface area contributed by atoms with Crippen LogP contribution in [0.5, 0.6) is 0 Å². The zero-order valence-corrected chi connectivity index (χ0v) is 13.1. The zero-order chi connectivity index (χ0) is 15.9. The standard InChI is InChI=1S/C21H20N2/c22-16-19-15-20(13-11-17-7-3-1-4-8-17)23-21(19)14-12-18-9-5-2-6-10-18/h1-10,15,23H,11-14H2. The molecule has 1 aromatic heterocycles. The van der Waals surface area contributed by atoms with E-state index < -0.39 is 0 Å². The molecule has 0 amide bonds. The number of nitrogens with one attached hydrogen (secondary N) is 1. The molecule has 3 rings (SSSR count). The maximum Gasteiger partial charge on any atom is 0.101 e. The molecule has 0 unspecified atom stereocenters. The highest BCUT2D eigenvalue weighted by Gasteiger charge is 2.08. The van der Waals surface area contributed by atoms with Crippen molar-refractivity contribution in [2.45, 2.75) is 25.7 Å². The Morgan fingerprint density at radius 3 is 1.87 bits per heavy atom. The Morgan fingerprint density at radius 2 is 1.30 bits per heavy atom. The monoisotopic (exact) mass is 300 g/mol. The number of benzene rings is 2. The minimum absolute atomic E-state index is 0.781. The first kappa shape index (κ1) is 15.1. The van der Waals surface area contributed by atoms with Crippen LogP contribution in [0.25, 0.3) is 0 Å². The molecule has 0 radical (unpaired) electrons. The van der Waals surface area contributed by atoms with Gasteiger partial charge in [-0.3, -0.25) is 0 Å². The lowest BCUT2D eigenvalue weighted by Crippen LogP contribution is -1.95. The van der Waals surface area contributed by atoms with E-state index in [1.165, 1.54) is 11.1 Å². The number of hydrogen-bond donors (Lipinski definition) is 1. The van der Waals surface area contributed by atoms with Gasteiger partial charge in [-0.05, 0) is 42.9 Å². The SMILES string of the molecule is N#Cc1cc(CCc2ccccc2)[nH]c1CCc1ccccc1. The van der Waals surface area contributed by atoms with Gasteiger partial charge in [0.2, 0.25) is 0 Å². The van der Waals surface area contributed by atoms with Gasteiger partial charge < -0.3 is 4.98 Å². The van der Waals surface area contributed by atoms with E-state index in [0.717, 1.165) is 42.6 Å². The maximum atomic E-state index is 9.34. The van der Waals surface area contributed by atoms with Crippen molar-refractivity contribution in [3.05, 3.63) is 94.8 Å². The fourth-order valence-electron chi connectivity index (χ4n) is 2.83. The van der Waals surface area contributed by atoms with Gasteiger partial charge in [0.15, 0.2) is 0 Å². The molecule has 1 heterocycles. The Balaban J connectivity index is 1.65. The predicted octanol–water partition coefficient (Wildman–Crippen LogP) is 4.46. The first-order valence-corrected chi connectivity index (χ1v) is 8.04. The van der Waals surface area contributed by atoms with E-state index in [2.05, 4.69) is 59.6 Å². The number of aryl methyl sites for hydroxylation is 4. The fourth-order valence-corrected chi connectivity index (χ4v) is 2.83. The van der Waals surface area contributed by atoms with Crippen molar-refractivity contribution in [1.82, 2.24) is 4.98 Å². The van der Waals surface area contributed by atoms with Crippen molar-refractivity contribution >= 4 is 0 Å². The Hall–Kier alpha value is -2.79. The van der Waals surface area contributed by atoms with E-state index >= 15 is 0 Å². The number of aromatic amines is 1. The van der Waals surface area contributed by atoms with Crippen molar-refractivity contribution in [1.29, 1.82) is 5.26 Å². The molecule has 1 N–H and O–H groups in total. The highest BCUT2D eigenvalue weighted by atomic mass is 14.7. The largest absolute Gasteiger partial charge is 0.361 e. The molecule has 3 aromatic rings. The Morgan fingerprint density at radius 1 is 0.739 bits per heavy atom. The second kappa shape index (κ2) is 7.47. The third-order valence-corrected chi connectivity index (χ3v) is 4.11. The summed E-state index contributed by atoms with van der Waals surface area (Å²) in [5, 5.41) is 9.34. The lowest BCUT2D eigenvalue weighted by molar-refractivity contribution is 0.880. The summed E-state index contributed by atoms with van der Waals surface area (Å²) in [6.07, 6.45) is 3.75. The Labute approximate surface area is 137 Å². The summed E-state index contributed by atoms with van der Waals surface area (Å²) < 4.78 is 0. The van der Waals surface area contributed by atoms with Crippen LogP contribution in [0.4, 0.5) is 0 Å². The number of hydrogen-bond acceptors (Lipinski definition) is 1. The van der Waals surface area contributed by atoms with Crippen LogP contribution < -0.4 is 0 Å². The van der Waals surface area contributed by atoms with Gasteiger partial charge in [-0.25, -0.2) is 0 Å². The zero-order valence-electron chi connectivity index (χ0n) is 13.1. The van der Waals surface area contributed by atoms with Gasteiger partial charge in [0.25, 0.3) is 0 Å². The smallest absolute Gasteiger partial charge is 0.101 e. The van der Waals surface area contributed by atoms with Crippen LogP contribution in [0.1, 0.15) is 28.1 Å². The van der Waals surface area contributed by atoms with Gasteiger partial charge >= 0.3 is 0 Å². The fraction of sp³-hybridized carbons (Fsp3) is 0.190. The summed E-state index contributed by atoms with van der Waals surface area (Å²) in [7, 11) is 0. The minimum atomic E-state index is 0.781. The molecular weight excluding hydrogens is 280 g/mol. The van der Waals surface area contributed by atoms with Crippen LogP contribution in [0.15, 0.2) is 66.7 Å². The molecule has 0 aliphatic carbocycles. The first-order chi connectivity index (χ1) is 11.3. The Kier molecular flexibility index (Phi) is 4.91. The van der Waals surface area contributed by atoms with Crippen molar-refractivity contribution in [2.75, 3.05) is 0 Å². The second-order valence-electron chi connectivity index (χ2n) is 5.77. The lowest BCUT2D eigenvalue weighted by atomic mass is 10.1. The van der Waals surface area contributed by atoms with Gasteiger partial charge in [0.1, 0.15) is 6.07 Å². The van der Waals surface area contributed by atoms with Crippen molar-refractivity contribution in [2.24, 2.45) is 0 Å². The molecule has 0 atom stereocenters. The normalized spacial score (nSPS) is 10.4. The molecule has 0 saturated carbocycles. The third kappa shape index (κ3) is 4.11. The molecule has 0 bridgehead atoms. The molecule has 0 aliphatic rings. The number of aromatic nitrogens is 1. The van der Waals surface area contributed by atoms with Crippen molar-refractivity contribution < 1.29 is 0 Å². The second-order valence-corrected chi connectivity index (χ2v) is 5.77. The van der Waals surface area contributed by atoms with Crippen LogP contribution in [-0.2, 0) is 25.7 Å². The molecule has 0 aliphatic heterocycles. The van der Waals surface area contributed by atoms with Crippen molar-refractivity contribution in [3.63, 3.8) is 0 Å². The average Bonchev–Trinajstić information content (AvgIpc) is 3.02. The molecule has 0 saturated heterocycles. The Bertz CT molecular complexity index is 780.